The number of rotatable bonds is 2. The second-order valence-corrected chi connectivity index (χ2v) is 3.88. The first kappa shape index (κ1) is 11.4. The molecule has 17 heavy (non-hydrogen) atoms. The molecule has 0 spiro atoms. The van der Waals surface area contributed by atoms with Crippen molar-refractivity contribution in [2.45, 2.75) is 13.8 Å². The summed E-state index contributed by atoms with van der Waals surface area (Å²) in [5.74, 6) is -0.322. The number of aromatic amines is 1. The van der Waals surface area contributed by atoms with Gasteiger partial charge in [-0.2, -0.15) is 5.10 Å². The molecule has 4 heteroatoms. The molecule has 4 nitrogen and oxygen atoms in total. The number of H-pyrrole nitrogens is 1. The zero-order valence-electron chi connectivity index (χ0n) is 10.1. The van der Waals surface area contributed by atoms with Crippen molar-refractivity contribution in [1.82, 2.24) is 10.2 Å². The molecule has 0 aliphatic rings. The maximum atomic E-state index is 11.3. The van der Waals surface area contributed by atoms with E-state index >= 15 is 0 Å². The van der Waals surface area contributed by atoms with Crippen molar-refractivity contribution >= 4 is 5.97 Å². The van der Waals surface area contributed by atoms with E-state index < -0.39 is 0 Å². The van der Waals surface area contributed by atoms with Gasteiger partial charge in [0, 0.05) is 11.3 Å². The summed E-state index contributed by atoms with van der Waals surface area (Å²) >= 11 is 0. The number of benzene rings is 1. The van der Waals surface area contributed by atoms with E-state index in [0.717, 1.165) is 22.5 Å². The average molecular weight is 230 g/mol. The molecule has 1 aromatic heterocycles. The predicted molar refractivity (Wildman–Crippen MR) is 64.8 cm³/mol. The maximum absolute atomic E-state index is 11.3. The van der Waals surface area contributed by atoms with Crippen molar-refractivity contribution in [1.29, 1.82) is 0 Å². The average Bonchev–Trinajstić information content (AvgIpc) is 2.68. The first-order valence-corrected chi connectivity index (χ1v) is 5.34. The molecule has 1 N–H and O–H groups in total. The first-order valence-electron chi connectivity index (χ1n) is 5.34. The van der Waals surface area contributed by atoms with Crippen molar-refractivity contribution in [3.05, 3.63) is 41.2 Å². The van der Waals surface area contributed by atoms with Gasteiger partial charge in [-0.1, -0.05) is 12.1 Å². The van der Waals surface area contributed by atoms with Gasteiger partial charge in [0.25, 0.3) is 0 Å². The Bertz CT molecular complexity index is 522. The third-order valence-corrected chi connectivity index (χ3v) is 2.72. The minimum absolute atomic E-state index is 0.322. The Balaban J connectivity index is 2.39. The van der Waals surface area contributed by atoms with Crippen LogP contribution in [0.4, 0.5) is 0 Å². The Labute approximate surface area is 99.6 Å². The van der Waals surface area contributed by atoms with Gasteiger partial charge in [0.15, 0.2) is 0 Å². The number of carbonyl (C=O) groups is 1. The van der Waals surface area contributed by atoms with Gasteiger partial charge in [-0.3, -0.25) is 5.10 Å². The predicted octanol–water partition coefficient (Wildman–Crippen LogP) is 2.48. The third kappa shape index (κ3) is 2.06. The zero-order valence-corrected chi connectivity index (χ0v) is 10.1. The number of methoxy groups -OCH3 is 1. The summed E-state index contributed by atoms with van der Waals surface area (Å²) in [7, 11) is 1.38. The van der Waals surface area contributed by atoms with E-state index in [-0.39, 0.29) is 5.97 Å². The van der Waals surface area contributed by atoms with Crippen molar-refractivity contribution in [3.8, 4) is 11.1 Å². The van der Waals surface area contributed by atoms with Crippen LogP contribution in [0.15, 0.2) is 24.3 Å². The second kappa shape index (κ2) is 4.41. The fraction of sp³-hybridized carbons (Fsp3) is 0.231. The molecule has 0 bridgehead atoms. The van der Waals surface area contributed by atoms with Crippen LogP contribution in [0, 0.1) is 13.8 Å². The lowest BCUT2D eigenvalue weighted by Gasteiger charge is -2.03. The number of aryl methyl sites for hydroxylation is 2. The van der Waals surface area contributed by atoms with Crippen LogP contribution in [0.2, 0.25) is 0 Å². The van der Waals surface area contributed by atoms with E-state index in [1.165, 1.54) is 7.11 Å². The Morgan fingerprint density at radius 2 is 1.88 bits per heavy atom. The van der Waals surface area contributed by atoms with Crippen LogP contribution in [0.25, 0.3) is 11.1 Å². The van der Waals surface area contributed by atoms with Gasteiger partial charge in [-0.15, -0.1) is 0 Å². The highest BCUT2D eigenvalue weighted by atomic mass is 16.5. The second-order valence-electron chi connectivity index (χ2n) is 3.88. The summed E-state index contributed by atoms with van der Waals surface area (Å²) in [6.45, 7) is 3.93. The number of carbonyl (C=O) groups excluding carboxylic acids is 1. The van der Waals surface area contributed by atoms with Crippen LogP contribution in [0.5, 0.6) is 0 Å². The van der Waals surface area contributed by atoms with Crippen LogP contribution in [0.3, 0.4) is 0 Å². The lowest BCUT2D eigenvalue weighted by atomic mass is 10.0. The van der Waals surface area contributed by atoms with Crippen LogP contribution in [-0.4, -0.2) is 23.3 Å². The maximum Gasteiger partial charge on any atom is 0.337 e. The smallest absolute Gasteiger partial charge is 0.337 e. The fourth-order valence-corrected chi connectivity index (χ4v) is 1.87. The van der Waals surface area contributed by atoms with E-state index in [1.54, 1.807) is 12.1 Å². The van der Waals surface area contributed by atoms with Gasteiger partial charge in [-0.25, -0.2) is 4.79 Å². The molecule has 0 amide bonds. The van der Waals surface area contributed by atoms with Gasteiger partial charge in [0.05, 0.1) is 18.4 Å². The van der Waals surface area contributed by atoms with E-state index in [0.29, 0.717) is 5.56 Å². The molecule has 1 heterocycles. The van der Waals surface area contributed by atoms with E-state index in [9.17, 15) is 4.79 Å². The summed E-state index contributed by atoms with van der Waals surface area (Å²) in [5, 5.41) is 7.09. The Morgan fingerprint density at radius 1 is 1.24 bits per heavy atom. The topological polar surface area (TPSA) is 55.0 Å². The first-order chi connectivity index (χ1) is 8.13. The summed E-state index contributed by atoms with van der Waals surface area (Å²) < 4.78 is 4.66. The van der Waals surface area contributed by atoms with Crippen molar-refractivity contribution in [2.75, 3.05) is 7.11 Å². The number of ether oxygens (including phenoxy) is 1. The molecule has 0 unspecified atom stereocenters. The molecule has 0 saturated carbocycles. The van der Waals surface area contributed by atoms with Gasteiger partial charge in [-0.05, 0) is 31.5 Å². The molecule has 0 fully saturated rings. The third-order valence-electron chi connectivity index (χ3n) is 2.72. The van der Waals surface area contributed by atoms with Crippen molar-refractivity contribution < 1.29 is 9.53 Å². The summed E-state index contributed by atoms with van der Waals surface area (Å²) in [5.41, 5.74) is 4.65. The van der Waals surface area contributed by atoms with Crippen LogP contribution in [0.1, 0.15) is 21.7 Å². The fourth-order valence-electron chi connectivity index (χ4n) is 1.87. The highest BCUT2D eigenvalue weighted by Crippen LogP contribution is 2.25. The van der Waals surface area contributed by atoms with Gasteiger partial charge < -0.3 is 4.74 Å². The van der Waals surface area contributed by atoms with Crippen LogP contribution >= 0.6 is 0 Å². The number of esters is 1. The Kier molecular flexibility index (Phi) is 2.95. The normalized spacial score (nSPS) is 10.3. The number of nitrogens with zero attached hydrogens (tertiary/aromatic N) is 1. The van der Waals surface area contributed by atoms with E-state index in [2.05, 4.69) is 14.9 Å². The highest BCUT2D eigenvalue weighted by molar-refractivity contribution is 5.90. The number of aromatic nitrogens is 2. The van der Waals surface area contributed by atoms with Gasteiger partial charge >= 0.3 is 5.97 Å². The summed E-state index contributed by atoms with van der Waals surface area (Å²) in [6, 6.07) is 7.31. The number of hydrogen-bond acceptors (Lipinski definition) is 3. The molecule has 0 radical (unpaired) electrons. The molecular formula is C13H14N2O2. The minimum atomic E-state index is -0.322. The van der Waals surface area contributed by atoms with E-state index in [4.69, 9.17) is 0 Å². The lowest BCUT2D eigenvalue weighted by Crippen LogP contribution is -2.00. The molecule has 1 aromatic carbocycles. The molecule has 0 aliphatic carbocycles. The van der Waals surface area contributed by atoms with Gasteiger partial charge in [0.2, 0.25) is 0 Å². The lowest BCUT2D eigenvalue weighted by molar-refractivity contribution is 0.0601. The number of hydrogen-bond donors (Lipinski definition) is 1. The molecule has 2 aromatic rings. The summed E-state index contributed by atoms with van der Waals surface area (Å²) in [4.78, 5) is 11.3. The quantitative estimate of drug-likeness (QED) is 0.806. The molecule has 0 saturated heterocycles. The Hall–Kier alpha value is -2.10. The monoisotopic (exact) mass is 230 g/mol. The minimum Gasteiger partial charge on any atom is -0.465 e. The Morgan fingerprint density at radius 3 is 2.35 bits per heavy atom. The zero-order chi connectivity index (χ0) is 12.4. The molecule has 0 aliphatic heterocycles. The molecular weight excluding hydrogens is 216 g/mol. The van der Waals surface area contributed by atoms with Crippen LogP contribution in [-0.2, 0) is 4.74 Å². The highest BCUT2D eigenvalue weighted by Gasteiger charge is 2.10. The van der Waals surface area contributed by atoms with Crippen molar-refractivity contribution in [3.63, 3.8) is 0 Å². The van der Waals surface area contributed by atoms with Gasteiger partial charge in [0.1, 0.15) is 0 Å². The largest absolute Gasteiger partial charge is 0.465 e. The summed E-state index contributed by atoms with van der Waals surface area (Å²) in [6.07, 6.45) is 0. The van der Waals surface area contributed by atoms with E-state index in [1.807, 2.05) is 26.0 Å². The standard InChI is InChI=1S/C13H14N2O2/c1-8-12(9(2)15-14-8)10-4-6-11(7-5-10)13(16)17-3/h4-7H,1-3H3,(H,14,15). The molecule has 0 atom stereocenters. The molecule has 2 rings (SSSR count). The SMILES string of the molecule is COC(=O)c1ccc(-c2c(C)n[nH]c2C)cc1. The number of nitrogens with one attached hydrogen (secondary N) is 1. The van der Waals surface area contributed by atoms with Crippen LogP contribution < -0.4 is 0 Å². The van der Waals surface area contributed by atoms with Crippen molar-refractivity contribution in [2.24, 2.45) is 0 Å². The molecule has 88 valence electrons.